The molecule has 0 bridgehead atoms. The van der Waals surface area contributed by atoms with Crippen molar-refractivity contribution < 1.29 is 31.2 Å². The van der Waals surface area contributed by atoms with E-state index in [9.17, 15) is 26.4 Å². The zero-order chi connectivity index (χ0) is 28.8. The summed E-state index contributed by atoms with van der Waals surface area (Å²) in [6, 6.07) is 24.4. The molecule has 12 heteroatoms. The van der Waals surface area contributed by atoms with E-state index in [1.165, 1.54) is 72.8 Å². The van der Waals surface area contributed by atoms with Gasteiger partial charge < -0.3 is 15.4 Å². The number of carbonyl (C=O) groups is 2. The van der Waals surface area contributed by atoms with Gasteiger partial charge in [0.15, 0.2) is 0 Å². The van der Waals surface area contributed by atoms with Gasteiger partial charge in [-0.2, -0.15) is 0 Å². The molecule has 0 saturated heterocycles. The number of rotatable bonds is 9. The largest absolute Gasteiger partial charge is 0.462 e. The zero-order valence-corrected chi connectivity index (χ0v) is 22.8. The molecule has 0 heterocycles. The first-order valence-corrected chi connectivity index (χ1v) is 14.9. The van der Waals surface area contributed by atoms with Gasteiger partial charge in [0.05, 0.1) is 26.9 Å². The predicted octanol–water partition coefficient (Wildman–Crippen LogP) is 5.14. The summed E-state index contributed by atoms with van der Waals surface area (Å²) in [6.07, 6.45) is 0. The molecule has 0 aliphatic rings. The molecule has 2 amide bonds. The standard InChI is InChI=1S/C28H25N3O7S2/c1-2-38-27(32)20-8-10-21(11-9-20)29-28(33)30-22-12-16-24(17-13-22)39(34,35)25-18-14-23(15-19-25)31-40(36,37)26-6-4-3-5-7-26/h3-19,31H,2H2,1H3,(H2,29,30,33). The third-order valence-corrected chi connectivity index (χ3v) is 8.73. The molecule has 4 aromatic rings. The quantitative estimate of drug-likeness (QED) is 0.233. The minimum absolute atomic E-state index is 0.00868. The lowest BCUT2D eigenvalue weighted by atomic mass is 10.2. The van der Waals surface area contributed by atoms with Gasteiger partial charge in [-0.15, -0.1) is 0 Å². The maximum absolute atomic E-state index is 13.1. The van der Waals surface area contributed by atoms with Crippen molar-refractivity contribution in [2.24, 2.45) is 0 Å². The van der Waals surface area contributed by atoms with Crippen LogP contribution in [0.25, 0.3) is 0 Å². The number of benzene rings is 4. The number of anilines is 3. The lowest BCUT2D eigenvalue weighted by Gasteiger charge is -2.11. The molecule has 40 heavy (non-hydrogen) atoms. The van der Waals surface area contributed by atoms with E-state index in [0.29, 0.717) is 16.9 Å². The van der Waals surface area contributed by atoms with Crippen LogP contribution in [0.2, 0.25) is 0 Å². The van der Waals surface area contributed by atoms with E-state index < -0.39 is 31.9 Å². The summed E-state index contributed by atoms with van der Waals surface area (Å²) in [4.78, 5) is 24.1. The van der Waals surface area contributed by atoms with Crippen LogP contribution >= 0.6 is 0 Å². The van der Waals surface area contributed by atoms with Crippen LogP contribution < -0.4 is 15.4 Å². The fourth-order valence-electron chi connectivity index (χ4n) is 3.57. The van der Waals surface area contributed by atoms with Crippen LogP contribution in [0.1, 0.15) is 17.3 Å². The van der Waals surface area contributed by atoms with E-state index in [0.717, 1.165) is 0 Å². The summed E-state index contributed by atoms with van der Waals surface area (Å²) in [5, 5.41) is 5.23. The molecule has 10 nitrogen and oxygen atoms in total. The second kappa shape index (κ2) is 12.0. The minimum Gasteiger partial charge on any atom is -0.462 e. The maximum Gasteiger partial charge on any atom is 0.338 e. The molecular formula is C28H25N3O7S2. The van der Waals surface area contributed by atoms with Gasteiger partial charge in [-0.25, -0.2) is 26.4 Å². The summed E-state index contributed by atoms with van der Waals surface area (Å²) in [6.45, 7) is 1.96. The van der Waals surface area contributed by atoms with Crippen LogP contribution in [0.3, 0.4) is 0 Å². The van der Waals surface area contributed by atoms with Gasteiger partial charge in [0.1, 0.15) is 0 Å². The van der Waals surface area contributed by atoms with Crippen LogP contribution in [0, 0.1) is 0 Å². The van der Waals surface area contributed by atoms with Gasteiger partial charge in [-0.3, -0.25) is 4.72 Å². The Labute approximate surface area is 232 Å². The first-order chi connectivity index (χ1) is 19.1. The number of sulfonamides is 1. The average Bonchev–Trinajstić information content (AvgIpc) is 2.94. The summed E-state index contributed by atoms with van der Waals surface area (Å²) >= 11 is 0. The van der Waals surface area contributed by atoms with Gasteiger partial charge in [0, 0.05) is 17.1 Å². The van der Waals surface area contributed by atoms with Gasteiger partial charge >= 0.3 is 12.0 Å². The Morgan fingerprint density at radius 3 is 1.60 bits per heavy atom. The molecule has 0 aliphatic carbocycles. The predicted molar refractivity (Wildman–Crippen MR) is 151 cm³/mol. The summed E-state index contributed by atoms with van der Waals surface area (Å²) in [5.41, 5.74) is 1.36. The summed E-state index contributed by atoms with van der Waals surface area (Å²) in [5.74, 6) is -0.461. The van der Waals surface area contributed by atoms with Gasteiger partial charge in [0.25, 0.3) is 10.0 Å². The molecule has 0 saturated carbocycles. The topological polar surface area (TPSA) is 148 Å². The van der Waals surface area contributed by atoms with Crippen molar-refractivity contribution in [1.82, 2.24) is 0 Å². The van der Waals surface area contributed by atoms with Crippen molar-refractivity contribution in [3.8, 4) is 0 Å². The Balaban J connectivity index is 1.38. The number of urea groups is 1. The summed E-state index contributed by atoms with van der Waals surface area (Å²) < 4.78 is 58.5. The summed E-state index contributed by atoms with van der Waals surface area (Å²) in [7, 11) is -7.72. The molecule has 4 rings (SSSR count). The Morgan fingerprint density at radius 1 is 0.625 bits per heavy atom. The van der Waals surface area contributed by atoms with Crippen LogP contribution in [-0.4, -0.2) is 35.4 Å². The minimum atomic E-state index is -3.90. The highest BCUT2D eigenvalue weighted by molar-refractivity contribution is 7.92. The molecule has 0 unspecified atom stereocenters. The average molecular weight is 580 g/mol. The molecule has 0 radical (unpaired) electrons. The third kappa shape index (κ3) is 6.84. The first-order valence-electron chi connectivity index (χ1n) is 12.0. The van der Waals surface area contributed by atoms with Crippen molar-refractivity contribution in [3.05, 3.63) is 109 Å². The smallest absolute Gasteiger partial charge is 0.338 e. The van der Waals surface area contributed by atoms with Crippen molar-refractivity contribution in [2.45, 2.75) is 21.6 Å². The number of esters is 1. The second-order valence-electron chi connectivity index (χ2n) is 8.35. The number of carbonyl (C=O) groups excluding carboxylic acids is 2. The molecular weight excluding hydrogens is 554 g/mol. The van der Waals surface area contributed by atoms with E-state index in [1.807, 2.05) is 0 Å². The Bertz CT molecular complexity index is 1710. The van der Waals surface area contributed by atoms with E-state index in [4.69, 9.17) is 4.74 Å². The molecule has 3 N–H and O–H groups in total. The Kier molecular flexibility index (Phi) is 8.51. The molecule has 0 atom stereocenters. The fourth-order valence-corrected chi connectivity index (χ4v) is 5.91. The van der Waals surface area contributed by atoms with Crippen molar-refractivity contribution in [1.29, 1.82) is 0 Å². The molecule has 4 aromatic carbocycles. The Morgan fingerprint density at radius 2 is 1.10 bits per heavy atom. The molecule has 206 valence electrons. The highest BCUT2D eigenvalue weighted by atomic mass is 32.2. The molecule has 0 aromatic heterocycles. The normalized spacial score (nSPS) is 11.3. The van der Waals surface area contributed by atoms with E-state index >= 15 is 0 Å². The molecule has 0 spiro atoms. The van der Waals surface area contributed by atoms with Gasteiger partial charge in [-0.1, -0.05) is 18.2 Å². The van der Waals surface area contributed by atoms with Crippen molar-refractivity contribution in [3.63, 3.8) is 0 Å². The Hall–Kier alpha value is -4.68. The molecule has 0 aliphatic heterocycles. The lowest BCUT2D eigenvalue weighted by Crippen LogP contribution is -2.19. The van der Waals surface area contributed by atoms with E-state index in [-0.39, 0.29) is 27.0 Å². The SMILES string of the molecule is CCOC(=O)c1ccc(NC(=O)Nc2ccc(S(=O)(=O)c3ccc(NS(=O)(=O)c4ccccc4)cc3)cc2)cc1. The lowest BCUT2D eigenvalue weighted by molar-refractivity contribution is 0.0526. The third-order valence-electron chi connectivity index (χ3n) is 5.55. The zero-order valence-electron chi connectivity index (χ0n) is 21.2. The van der Waals surface area contributed by atoms with E-state index in [1.54, 1.807) is 37.3 Å². The van der Waals surface area contributed by atoms with Crippen molar-refractivity contribution in [2.75, 3.05) is 22.0 Å². The van der Waals surface area contributed by atoms with Crippen LogP contribution in [0.4, 0.5) is 21.9 Å². The maximum atomic E-state index is 13.1. The van der Waals surface area contributed by atoms with E-state index in [2.05, 4.69) is 15.4 Å². The fraction of sp³-hybridized carbons (Fsp3) is 0.0714. The number of sulfone groups is 1. The monoisotopic (exact) mass is 579 g/mol. The molecule has 0 fully saturated rings. The highest BCUT2D eigenvalue weighted by Gasteiger charge is 2.19. The second-order valence-corrected chi connectivity index (χ2v) is 12.0. The van der Waals surface area contributed by atoms with Gasteiger partial charge in [-0.05, 0) is 91.9 Å². The van der Waals surface area contributed by atoms with Crippen LogP contribution in [-0.2, 0) is 24.6 Å². The number of hydrogen-bond donors (Lipinski definition) is 3. The number of ether oxygens (including phenoxy) is 1. The number of nitrogens with one attached hydrogen (secondary N) is 3. The highest BCUT2D eigenvalue weighted by Crippen LogP contribution is 2.25. The van der Waals surface area contributed by atoms with Crippen LogP contribution in [0.15, 0.2) is 118 Å². The van der Waals surface area contributed by atoms with Crippen molar-refractivity contribution >= 4 is 48.9 Å². The number of hydrogen-bond acceptors (Lipinski definition) is 7. The first kappa shape index (κ1) is 28.3. The van der Waals surface area contributed by atoms with Gasteiger partial charge in [0.2, 0.25) is 9.84 Å². The number of amides is 2. The van der Waals surface area contributed by atoms with Crippen LogP contribution in [0.5, 0.6) is 0 Å².